The quantitative estimate of drug-likeness (QED) is 0.597. The maximum Gasteiger partial charge on any atom is 0.305 e. The predicted octanol–water partition coefficient (Wildman–Crippen LogP) is -0.342. The van der Waals surface area contributed by atoms with Crippen molar-refractivity contribution in [3.05, 3.63) is 0 Å². The lowest BCUT2D eigenvalue weighted by Gasteiger charge is -2.19. The number of nitrogens with zero attached hydrogens (tertiary/aromatic N) is 1. The van der Waals surface area contributed by atoms with Gasteiger partial charge in [0.15, 0.2) is 0 Å². The van der Waals surface area contributed by atoms with Gasteiger partial charge in [0, 0.05) is 26.1 Å². The van der Waals surface area contributed by atoms with E-state index in [1.54, 1.807) is 0 Å². The van der Waals surface area contributed by atoms with E-state index in [1.165, 1.54) is 4.90 Å². The third kappa shape index (κ3) is 5.19. The van der Waals surface area contributed by atoms with Crippen LogP contribution in [0.4, 0.5) is 0 Å². The Morgan fingerprint density at radius 1 is 1.38 bits per heavy atom. The Morgan fingerprint density at radius 2 is 2.00 bits per heavy atom. The fourth-order valence-electron chi connectivity index (χ4n) is 0.971. The van der Waals surface area contributed by atoms with Crippen molar-refractivity contribution in [2.24, 2.45) is 5.73 Å². The molecule has 5 heteroatoms. The van der Waals surface area contributed by atoms with E-state index in [2.05, 4.69) is 0 Å². The van der Waals surface area contributed by atoms with Gasteiger partial charge in [-0.3, -0.25) is 9.59 Å². The number of hydrogen-bond acceptors (Lipinski definition) is 3. The maximum atomic E-state index is 11.2. The van der Waals surface area contributed by atoms with Gasteiger partial charge in [0.2, 0.25) is 5.91 Å². The molecule has 0 heterocycles. The number of nitrogens with two attached hydrogens (primary N) is 1. The molecule has 0 aliphatic carbocycles. The summed E-state index contributed by atoms with van der Waals surface area (Å²) in [4.78, 5) is 23.0. The molecule has 0 rings (SSSR count). The fraction of sp³-hybridized carbons (Fsp3) is 0.750. The average Bonchev–Trinajstić information content (AvgIpc) is 2.05. The first-order valence-electron chi connectivity index (χ1n) is 4.31. The Morgan fingerprint density at radius 3 is 2.38 bits per heavy atom. The van der Waals surface area contributed by atoms with E-state index in [0.29, 0.717) is 13.1 Å². The second-order valence-electron chi connectivity index (χ2n) is 2.66. The number of rotatable bonds is 6. The zero-order valence-corrected chi connectivity index (χ0v) is 7.82. The highest BCUT2D eigenvalue weighted by Gasteiger charge is 2.11. The standard InChI is InChI=1S/C8H16N2O3/c1-2-10(6-4-8(12)13)7(11)3-5-9/h2-6,9H2,1H3,(H,12,13). The molecule has 0 fully saturated rings. The van der Waals surface area contributed by atoms with E-state index >= 15 is 0 Å². The van der Waals surface area contributed by atoms with Crippen LogP contribution in [-0.4, -0.2) is 41.5 Å². The molecule has 0 saturated heterocycles. The Hall–Kier alpha value is -1.10. The molecule has 0 bridgehead atoms. The highest BCUT2D eigenvalue weighted by atomic mass is 16.4. The molecule has 13 heavy (non-hydrogen) atoms. The number of hydrogen-bond donors (Lipinski definition) is 2. The van der Waals surface area contributed by atoms with Crippen molar-refractivity contribution < 1.29 is 14.7 Å². The summed E-state index contributed by atoms with van der Waals surface area (Å²) in [5.41, 5.74) is 5.21. The van der Waals surface area contributed by atoms with Crippen LogP contribution in [-0.2, 0) is 9.59 Å². The van der Waals surface area contributed by atoms with Crippen LogP contribution in [0.15, 0.2) is 0 Å². The van der Waals surface area contributed by atoms with Crippen LogP contribution in [0.1, 0.15) is 19.8 Å². The summed E-state index contributed by atoms with van der Waals surface area (Å²) in [6.45, 7) is 2.93. The maximum absolute atomic E-state index is 11.2. The van der Waals surface area contributed by atoms with E-state index < -0.39 is 5.97 Å². The normalized spacial score (nSPS) is 9.69. The van der Waals surface area contributed by atoms with Gasteiger partial charge < -0.3 is 15.7 Å². The number of carbonyl (C=O) groups is 2. The molecule has 0 spiro atoms. The zero-order valence-electron chi connectivity index (χ0n) is 7.82. The van der Waals surface area contributed by atoms with Crippen LogP contribution < -0.4 is 5.73 Å². The van der Waals surface area contributed by atoms with Crippen molar-refractivity contribution in [1.82, 2.24) is 4.90 Å². The van der Waals surface area contributed by atoms with Crippen LogP contribution in [0, 0.1) is 0 Å². The summed E-state index contributed by atoms with van der Waals surface area (Å²) in [5.74, 6) is -0.967. The first-order chi connectivity index (χ1) is 6.11. The van der Waals surface area contributed by atoms with Crippen LogP contribution in [0.2, 0.25) is 0 Å². The molecule has 0 atom stereocenters. The van der Waals surface area contributed by atoms with Crippen LogP contribution in [0.25, 0.3) is 0 Å². The molecular formula is C8H16N2O3. The predicted molar refractivity (Wildman–Crippen MR) is 48.2 cm³/mol. The third-order valence-corrected chi connectivity index (χ3v) is 1.69. The number of amides is 1. The Bertz CT molecular complexity index is 182. The topological polar surface area (TPSA) is 83.6 Å². The average molecular weight is 188 g/mol. The van der Waals surface area contributed by atoms with Crippen molar-refractivity contribution in [2.45, 2.75) is 19.8 Å². The van der Waals surface area contributed by atoms with Gasteiger partial charge in [-0.15, -0.1) is 0 Å². The van der Waals surface area contributed by atoms with E-state index in [1.807, 2.05) is 6.92 Å². The highest BCUT2D eigenvalue weighted by molar-refractivity contribution is 5.77. The van der Waals surface area contributed by atoms with E-state index in [-0.39, 0.29) is 25.3 Å². The van der Waals surface area contributed by atoms with Gasteiger partial charge in [-0.2, -0.15) is 0 Å². The Labute approximate surface area is 77.5 Å². The molecule has 0 aliphatic rings. The number of carbonyl (C=O) groups excluding carboxylic acids is 1. The van der Waals surface area contributed by atoms with E-state index in [4.69, 9.17) is 10.8 Å². The zero-order chi connectivity index (χ0) is 10.3. The SMILES string of the molecule is CCN(CCC(=O)O)C(=O)CCN. The first-order valence-corrected chi connectivity index (χ1v) is 4.31. The number of aliphatic carboxylic acids is 1. The lowest BCUT2D eigenvalue weighted by atomic mass is 10.3. The van der Waals surface area contributed by atoms with Crippen molar-refractivity contribution in [1.29, 1.82) is 0 Å². The van der Waals surface area contributed by atoms with Crippen LogP contribution in [0.3, 0.4) is 0 Å². The molecule has 0 unspecified atom stereocenters. The van der Waals surface area contributed by atoms with Gasteiger partial charge in [0.05, 0.1) is 6.42 Å². The summed E-state index contributed by atoms with van der Waals surface area (Å²) < 4.78 is 0. The molecule has 0 aromatic carbocycles. The summed E-state index contributed by atoms with van der Waals surface area (Å²) in [6.07, 6.45) is 0.275. The summed E-state index contributed by atoms with van der Waals surface area (Å²) in [5, 5.41) is 8.41. The third-order valence-electron chi connectivity index (χ3n) is 1.69. The molecular weight excluding hydrogens is 172 g/mol. The molecule has 1 amide bonds. The molecule has 3 N–H and O–H groups in total. The molecule has 76 valence electrons. The number of carboxylic acid groups (broad SMARTS) is 1. The van der Waals surface area contributed by atoms with Crippen molar-refractivity contribution >= 4 is 11.9 Å². The van der Waals surface area contributed by atoms with E-state index in [0.717, 1.165) is 0 Å². The Balaban J connectivity index is 3.87. The largest absolute Gasteiger partial charge is 0.481 e. The minimum Gasteiger partial charge on any atom is -0.481 e. The highest BCUT2D eigenvalue weighted by Crippen LogP contribution is 1.95. The van der Waals surface area contributed by atoms with Crippen LogP contribution in [0.5, 0.6) is 0 Å². The number of carboxylic acids is 1. The van der Waals surface area contributed by atoms with Crippen molar-refractivity contribution in [3.8, 4) is 0 Å². The molecule has 0 saturated carbocycles. The van der Waals surface area contributed by atoms with Gasteiger partial charge in [-0.25, -0.2) is 0 Å². The molecule has 0 radical (unpaired) electrons. The second-order valence-corrected chi connectivity index (χ2v) is 2.66. The monoisotopic (exact) mass is 188 g/mol. The minimum absolute atomic E-state index is 0.00977. The summed E-state index contributed by atoms with van der Waals surface area (Å²) in [7, 11) is 0. The van der Waals surface area contributed by atoms with Gasteiger partial charge in [-0.1, -0.05) is 0 Å². The van der Waals surface area contributed by atoms with Gasteiger partial charge in [-0.05, 0) is 6.92 Å². The van der Waals surface area contributed by atoms with Crippen LogP contribution >= 0.6 is 0 Å². The first kappa shape index (κ1) is 11.9. The molecule has 0 aromatic rings. The van der Waals surface area contributed by atoms with Gasteiger partial charge in [0.25, 0.3) is 0 Å². The summed E-state index contributed by atoms with van der Waals surface area (Å²) >= 11 is 0. The lowest BCUT2D eigenvalue weighted by Crippen LogP contribution is -2.33. The molecule has 5 nitrogen and oxygen atoms in total. The van der Waals surface area contributed by atoms with E-state index in [9.17, 15) is 9.59 Å². The smallest absolute Gasteiger partial charge is 0.305 e. The molecule has 0 aromatic heterocycles. The fourth-order valence-corrected chi connectivity index (χ4v) is 0.971. The van der Waals surface area contributed by atoms with Gasteiger partial charge >= 0.3 is 5.97 Å². The second kappa shape index (κ2) is 6.42. The van der Waals surface area contributed by atoms with Crippen molar-refractivity contribution in [2.75, 3.05) is 19.6 Å². The minimum atomic E-state index is -0.890. The Kier molecular flexibility index (Phi) is 5.88. The molecule has 0 aliphatic heterocycles. The lowest BCUT2D eigenvalue weighted by molar-refractivity contribution is -0.138. The summed E-state index contributed by atoms with van der Waals surface area (Å²) in [6, 6.07) is 0. The van der Waals surface area contributed by atoms with Crippen molar-refractivity contribution in [3.63, 3.8) is 0 Å². The van der Waals surface area contributed by atoms with Gasteiger partial charge in [0.1, 0.15) is 0 Å².